The summed E-state index contributed by atoms with van der Waals surface area (Å²) >= 11 is 0. The van der Waals surface area contributed by atoms with Crippen LogP contribution in [0.25, 0.3) is 10.9 Å². The number of ketones is 1. The van der Waals surface area contributed by atoms with Crippen LogP contribution in [0.2, 0.25) is 0 Å². The summed E-state index contributed by atoms with van der Waals surface area (Å²) in [6.07, 6.45) is 1.42. The highest BCUT2D eigenvalue weighted by Crippen LogP contribution is 2.13. The molecule has 0 amide bonds. The third kappa shape index (κ3) is 2.99. The van der Waals surface area contributed by atoms with E-state index in [0.717, 1.165) is 5.56 Å². The topological polar surface area (TPSA) is 61.2 Å². The fourth-order valence-electron chi connectivity index (χ4n) is 2.41. The second-order valence-electron chi connectivity index (χ2n) is 5.35. The van der Waals surface area contributed by atoms with Crippen LogP contribution in [-0.4, -0.2) is 22.4 Å². The van der Waals surface area contributed by atoms with Crippen LogP contribution in [0.5, 0.6) is 5.75 Å². The van der Waals surface area contributed by atoms with Crippen LogP contribution >= 0.6 is 0 Å². The van der Waals surface area contributed by atoms with E-state index >= 15 is 0 Å². The van der Waals surface area contributed by atoms with Gasteiger partial charge in [0.05, 0.1) is 30.9 Å². The van der Waals surface area contributed by atoms with Crippen molar-refractivity contribution in [1.82, 2.24) is 9.55 Å². The first-order valence-electron chi connectivity index (χ1n) is 7.21. The van der Waals surface area contributed by atoms with Gasteiger partial charge >= 0.3 is 0 Å². The number of hydrogen-bond donors (Lipinski definition) is 0. The molecule has 23 heavy (non-hydrogen) atoms. The van der Waals surface area contributed by atoms with Crippen LogP contribution < -0.4 is 10.3 Å². The number of benzene rings is 2. The number of carbonyl (C=O) groups excluding carboxylic acids is 1. The van der Waals surface area contributed by atoms with Gasteiger partial charge < -0.3 is 4.74 Å². The minimum absolute atomic E-state index is 0.0396. The van der Waals surface area contributed by atoms with Crippen LogP contribution in [0.1, 0.15) is 15.9 Å². The van der Waals surface area contributed by atoms with Crippen LogP contribution in [0.15, 0.2) is 53.6 Å². The molecule has 0 fully saturated rings. The fraction of sp³-hybridized carbons (Fsp3) is 0.167. The first-order valence-corrected chi connectivity index (χ1v) is 7.21. The van der Waals surface area contributed by atoms with Crippen LogP contribution in [-0.2, 0) is 6.54 Å². The smallest absolute Gasteiger partial charge is 0.261 e. The number of ether oxygens (including phenoxy) is 1. The summed E-state index contributed by atoms with van der Waals surface area (Å²) in [6, 6.07) is 12.3. The lowest BCUT2D eigenvalue weighted by Gasteiger charge is -2.07. The van der Waals surface area contributed by atoms with E-state index in [2.05, 4.69) is 4.98 Å². The largest absolute Gasteiger partial charge is 0.497 e. The molecule has 116 valence electrons. The highest BCUT2D eigenvalue weighted by Gasteiger charge is 2.10. The monoisotopic (exact) mass is 308 g/mol. The molecule has 0 atom stereocenters. The van der Waals surface area contributed by atoms with Crippen molar-refractivity contribution in [3.05, 3.63) is 70.3 Å². The summed E-state index contributed by atoms with van der Waals surface area (Å²) in [4.78, 5) is 29.1. The molecule has 1 heterocycles. The molecule has 0 radical (unpaired) electrons. The number of methoxy groups -OCH3 is 1. The van der Waals surface area contributed by atoms with Gasteiger partial charge in [0.25, 0.3) is 5.56 Å². The number of carbonyl (C=O) groups is 1. The van der Waals surface area contributed by atoms with E-state index in [1.54, 1.807) is 37.4 Å². The van der Waals surface area contributed by atoms with Crippen molar-refractivity contribution in [2.45, 2.75) is 13.5 Å². The molecule has 5 nitrogen and oxygen atoms in total. The first kappa shape index (κ1) is 15.0. The standard InChI is InChI=1S/C18H16N2O3/c1-12-3-8-16-15(9-12)18(22)20(11-19-16)10-17(21)13-4-6-14(23-2)7-5-13/h3-9,11H,10H2,1-2H3. The summed E-state index contributed by atoms with van der Waals surface area (Å²) in [5.41, 5.74) is 1.94. The Morgan fingerprint density at radius 2 is 1.91 bits per heavy atom. The van der Waals surface area contributed by atoms with Gasteiger partial charge in [0, 0.05) is 5.56 Å². The minimum atomic E-state index is -0.208. The van der Waals surface area contributed by atoms with Crippen molar-refractivity contribution in [2.75, 3.05) is 7.11 Å². The molecule has 0 spiro atoms. The Hall–Kier alpha value is -2.95. The van der Waals surface area contributed by atoms with Crippen LogP contribution in [0.3, 0.4) is 0 Å². The lowest BCUT2D eigenvalue weighted by Crippen LogP contribution is -2.24. The van der Waals surface area contributed by atoms with E-state index in [0.29, 0.717) is 22.2 Å². The zero-order chi connectivity index (χ0) is 16.4. The zero-order valence-corrected chi connectivity index (χ0v) is 12.9. The molecule has 0 N–H and O–H groups in total. The second kappa shape index (κ2) is 6.04. The Bertz CT molecular complexity index is 927. The molecule has 0 aliphatic carbocycles. The van der Waals surface area contributed by atoms with E-state index < -0.39 is 0 Å². The van der Waals surface area contributed by atoms with E-state index in [1.165, 1.54) is 10.9 Å². The Morgan fingerprint density at radius 1 is 1.17 bits per heavy atom. The lowest BCUT2D eigenvalue weighted by molar-refractivity contribution is 0.0970. The third-order valence-electron chi connectivity index (χ3n) is 3.71. The summed E-state index contributed by atoms with van der Waals surface area (Å²) in [5, 5.41) is 0.523. The number of rotatable bonds is 4. The molecular formula is C18H16N2O3. The Balaban J connectivity index is 1.92. The van der Waals surface area contributed by atoms with E-state index in [4.69, 9.17) is 4.74 Å². The van der Waals surface area contributed by atoms with Gasteiger partial charge in [-0.25, -0.2) is 4.98 Å². The molecular weight excluding hydrogens is 292 g/mol. The van der Waals surface area contributed by atoms with Gasteiger partial charge in [-0.05, 0) is 43.3 Å². The van der Waals surface area contributed by atoms with Gasteiger partial charge in [0.15, 0.2) is 5.78 Å². The normalized spacial score (nSPS) is 10.7. The van der Waals surface area contributed by atoms with Gasteiger partial charge in [0.2, 0.25) is 0 Å². The number of fused-ring (bicyclic) bond motifs is 1. The van der Waals surface area contributed by atoms with E-state index in [1.807, 2.05) is 19.1 Å². The predicted molar refractivity (Wildman–Crippen MR) is 88.1 cm³/mol. The van der Waals surface area contributed by atoms with Gasteiger partial charge in [-0.15, -0.1) is 0 Å². The average molecular weight is 308 g/mol. The molecule has 0 unspecified atom stereocenters. The quantitative estimate of drug-likeness (QED) is 0.695. The number of aryl methyl sites for hydroxylation is 1. The Labute approximate surface area is 133 Å². The Kier molecular flexibility index (Phi) is 3.93. The summed E-state index contributed by atoms with van der Waals surface area (Å²) in [5.74, 6) is 0.533. The molecule has 0 bridgehead atoms. The number of hydrogen-bond acceptors (Lipinski definition) is 4. The maximum absolute atomic E-state index is 12.5. The Morgan fingerprint density at radius 3 is 2.61 bits per heavy atom. The van der Waals surface area contributed by atoms with Crippen molar-refractivity contribution < 1.29 is 9.53 Å². The van der Waals surface area contributed by atoms with Crippen LogP contribution in [0.4, 0.5) is 0 Å². The molecule has 3 aromatic rings. The fourth-order valence-corrected chi connectivity index (χ4v) is 2.41. The average Bonchev–Trinajstić information content (AvgIpc) is 2.58. The highest BCUT2D eigenvalue weighted by molar-refractivity contribution is 5.96. The third-order valence-corrected chi connectivity index (χ3v) is 3.71. The summed E-state index contributed by atoms with van der Waals surface area (Å²) in [6.45, 7) is 1.88. The van der Waals surface area contributed by atoms with E-state index in [9.17, 15) is 9.59 Å². The maximum Gasteiger partial charge on any atom is 0.261 e. The van der Waals surface area contributed by atoms with Gasteiger partial charge in [-0.1, -0.05) is 11.6 Å². The second-order valence-corrected chi connectivity index (χ2v) is 5.35. The van der Waals surface area contributed by atoms with Crippen LogP contribution in [0, 0.1) is 6.92 Å². The number of aromatic nitrogens is 2. The molecule has 3 rings (SSSR count). The maximum atomic E-state index is 12.5. The molecule has 0 saturated carbocycles. The highest BCUT2D eigenvalue weighted by atomic mass is 16.5. The summed E-state index contributed by atoms with van der Waals surface area (Å²) in [7, 11) is 1.57. The van der Waals surface area contributed by atoms with Gasteiger partial charge in [-0.3, -0.25) is 14.2 Å². The van der Waals surface area contributed by atoms with Gasteiger partial charge in [-0.2, -0.15) is 0 Å². The van der Waals surface area contributed by atoms with Crippen molar-refractivity contribution in [3.8, 4) is 5.75 Å². The molecule has 0 aliphatic rings. The van der Waals surface area contributed by atoms with Crippen molar-refractivity contribution in [3.63, 3.8) is 0 Å². The molecule has 0 aliphatic heterocycles. The SMILES string of the molecule is COc1ccc(C(=O)Cn2cnc3ccc(C)cc3c2=O)cc1. The lowest BCUT2D eigenvalue weighted by atomic mass is 10.1. The zero-order valence-electron chi connectivity index (χ0n) is 12.9. The molecule has 1 aromatic heterocycles. The minimum Gasteiger partial charge on any atom is -0.497 e. The van der Waals surface area contributed by atoms with Crippen molar-refractivity contribution >= 4 is 16.7 Å². The van der Waals surface area contributed by atoms with E-state index in [-0.39, 0.29) is 17.9 Å². The van der Waals surface area contributed by atoms with Crippen molar-refractivity contribution in [1.29, 1.82) is 0 Å². The number of Topliss-reactive ketones (excluding diaryl/α,β-unsaturated/α-hetero) is 1. The number of nitrogens with zero attached hydrogens (tertiary/aromatic N) is 2. The molecule has 0 saturated heterocycles. The predicted octanol–water partition coefficient (Wildman–Crippen LogP) is 2.60. The first-order chi connectivity index (χ1) is 11.1. The van der Waals surface area contributed by atoms with Gasteiger partial charge in [0.1, 0.15) is 5.75 Å². The molecule has 2 aromatic carbocycles. The van der Waals surface area contributed by atoms with Crippen molar-refractivity contribution in [2.24, 2.45) is 0 Å². The summed E-state index contributed by atoms with van der Waals surface area (Å²) < 4.78 is 6.41. The molecule has 5 heteroatoms.